The van der Waals surface area contributed by atoms with Crippen LogP contribution in [-0.4, -0.2) is 25.7 Å². The van der Waals surface area contributed by atoms with Crippen molar-refractivity contribution in [3.8, 4) is 0 Å². The lowest BCUT2D eigenvalue weighted by Crippen LogP contribution is -3.11. The van der Waals surface area contributed by atoms with Crippen LogP contribution in [0.3, 0.4) is 0 Å². The average molecular weight is 266 g/mol. The maximum atomic E-state index is 13.6. The van der Waals surface area contributed by atoms with E-state index in [2.05, 4.69) is 0 Å². The zero-order chi connectivity index (χ0) is 13.7. The van der Waals surface area contributed by atoms with E-state index in [-0.39, 0.29) is 17.7 Å². The molecule has 1 saturated heterocycles. The standard InChI is InChI=1S/C15H20FNO2/c1-2-19-15(18)12-7-9-17(10-8-12)11-13-5-3-4-6-14(13)16/h3-6,12H,2,7-11H2,1H3/p+1. The van der Waals surface area contributed by atoms with Gasteiger partial charge in [0.15, 0.2) is 0 Å². The summed E-state index contributed by atoms with van der Waals surface area (Å²) < 4.78 is 18.6. The molecule has 1 aromatic carbocycles. The van der Waals surface area contributed by atoms with E-state index in [1.807, 2.05) is 19.1 Å². The van der Waals surface area contributed by atoms with Gasteiger partial charge in [0.2, 0.25) is 0 Å². The normalized spacial score (nSPS) is 23.1. The van der Waals surface area contributed by atoms with Crippen LogP contribution in [0.25, 0.3) is 0 Å². The van der Waals surface area contributed by atoms with E-state index in [1.165, 1.54) is 11.0 Å². The van der Waals surface area contributed by atoms with Crippen molar-refractivity contribution in [3.63, 3.8) is 0 Å². The molecule has 1 N–H and O–H groups in total. The Balaban J connectivity index is 1.84. The fourth-order valence-electron chi connectivity index (χ4n) is 2.61. The second-order valence-corrected chi connectivity index (χ2v) is 5.04. The minimum Gasteiger partial charge on any atom is -0.466 e. The fourth-order valence-corrected chi connectivity index (χ4v) is 2.61. The molecule has 1 aliphatic rings. The minimum atomic E-state index is -0.137. The summed E-state index contributed by atoms with van der Waals surface area (Å²) in [5.41, 5.74) is 0.757. The van der Waals surface area contributed by atoms with Crippen LogP contribution < -0.4 is 4.90 Å². The summed E-state index contributed by atoms with van der Waals surface area (Å²) in [4.78, 5) is 13.0. The number of esters is 1. The molecule has 1 aliphatic heterocycles. The zero-order valence-electron chi connectivity index (χ0n) is 11.3. The molecule has 1 fully saturated rings. The minimum absolute atomic E-state index is 0.0318. The summed E-state index contributed by atoms with van der Waals surface area (Å²) in [6.07, 6.45) is 1.67. The SMILES string of the molecule is CCOC(=O)C1CC[NH+](Cc2ccccc2F)CC1. The molecule has 1 heterocycles. The van der Waals surface area contributed by atoms with E-state index < -0.39 is 0 Å². The Morgan fingerprint density at radius 2 is 2.05 bits per heavy atom. The lowest BCUT2D eigenvalue weighted by Gasteiger charge is -2.28. The summed E-state index contributed by atoms with van der Waals surface area (Å²) in [6, 6.07) is 6.91. The number of likely N-dealkylation sites (tertiary alicyclic amines) is 1. The van der Waals surface area contributed by atoms with Gasteiger partial charge in [0.25, 0.3) is 0 Å². The molecule has 0 radical (unpaired) electrons. The van der Waals surface area contributed by atoms with Crippen molar-refractivity contribution in [3.05, 3.63) is 35.6 Å². The largest absolute Gasteiger partial charge is 0.466 e. The highest BCUT2D eigenvalue weighted by molar-refractivity contribution is 5.72. The van der Waals surface area contributed by atoms with E-state index in [1.54, 1.807) is 6.07 Å². The van der Waals surface area contributed by atoms with E-state index >= 15 is 0 Å². The molecule has 0 bridgehead atoms. The van der Waals surface area contributed by atoms with E-state index in [9.17, 15) is 9.18 Å². The van der Waals surface area contributed by atoms with Gasteiger partial charge >= 0.3 is 5.97 Å². The number of ether oxygens (including phenoxy) is 1. The number of halogens is 1. The molecule has 2 rings (SSSR count). The van der Waals surface area contributed by atoms with Gasteiger partial charge in [-0.05, 0) is 13.0 Å². The summed E-state index contributed by atoms with van der Waals surface area (Å²) in [5.74, 6) is -0.181. The van der Waals surface area contributed by atoms with Crippen LogP contribution in [0, 0.1) is 11.7 Å². The number of rotatable bonds is 4. The molecule has 1 aromatic rings. The van der Waals surface area contributed by atoms with Crippen LogP contribution in [0.5, 0.6) is 0 Å². The number of carbonyl (C=O) groups is 1. The Morgan fingerprint density at radius 3 is 2.68 bits per heavy atom. The second-order valence-electron chi connectivity index (χ2n) is 5.04. The third-order valence-electron chi connectivity index (χ3n) is 3.71. The third-order valence-corrected chi connectivity index (χ3v) is 3.71. The molecule has 4 heteroatoms. The number of hydrogen-bond acceptors (Lipinski definition) is 2. The highest BCUT2D eigenvalue weighted by atomic mass is 19.1. The fraction of sp³-hybridized carbons (Fsp3) is 0.533. The highest BCUT2D eigenvalue weighted by Gasteiger charge is 2.28. The average Bonchev–Trinajstić information content (AvgIpc) is 2.42. The topological polar surface area (TPSA) is 30.7 Å². The first-order valence-corrected chi connectivity index (χ1v) is 6.94. The van der Waals surface area contributed by atoms with Crippen LogP contribution in [0.15, 0.2) is 24.3 Å². The Labute approximate surface area is 113 Å². The van der Waals surface area contributed by atoms with Crippen LogP contribution in [0.1, 0.15) is 25.3 Å². The number of benzene rings is 1. The lowest BCUT2D eigenvalue weighted by molar-refractivity contribution is -0.919. The van der Waals surface area contributed by atoms with Gasteiger partial charge in [0, 0.05) is 18.4 Å². The number of carbonyl (C=O) groups excluding carboxylic acids is 1. The predicted molar refractivity (Wildman–Crippen MR) is 70.2 cm³/mol. The lowest BCUT2D eigenvalue weighted by atomic mass is 9.96. The van der Waals surface area contributed by atoms with Gasteiger partial charge in [0.1, 0.15) is 12.4 Å². The van der Waals surface area contributed by atoms with Gasteiger partial charge in [0.05, 0.1) is 25.6 Å². The van der Waals surface area contributed by atoms with Gasteiger partial charge < -0.3 is 9.64 Å². The molecule has 104 valence electrons. The van der Waals surface area contributed by atoms with Crippen molar-refractivity contribution in [1.82, 2.24) is 0 Å². The number of hydrogen-bond donors (Lipinski definition) is 1. The summed E-state index contributed by atoms with van der Waals surface area (Å²) in [7, 11) is 0. The van der Waals surface area contributed by atoms with Crippen molar-refractivity contribution in [2.24, 2.45) is 5.92 Å². The molecular weight excluding hydrogens is 245 g/mol. The van der Waals surface area contributed by atoms with Gasteiger partial charge in [-0.15, -0.1) is 0 Å². The molecule has 0 aromatic heterocycles. The van der Waals surface area contributed by atoms with Crippen LogP contribution in [0.4, 0.5) is 4.39 Å². The quantitative estimate of drug-likeness (QED) is 0.830. The first-order chi connectivity index (χ1) is 9.20. The van der Waals surface area contributed by atoms with Gasteiger partial charge in [-0.3, -0.25) is 4.79 Å². The first kappa shape index (κ1) is 14.0. The molecule has 0 amide bonds. The first-order valence-electron chi connectivity index (χ1n) is 6.94. The van der Waals surface area contributed by atoms with Crippen molar-refractivity contribution in [2.45, 2.75) is 26.3 Å². The summed E-state index contributed by atoms with van der Waals surface area (Å²) in [5, 5.41) is 0. The zero-order valence-corrected chi connectivity index (χ0v) is 11.3. The molecule has 0 aliphatic carbocycles. The summed E-state index contributed by atoms with van der Waals surface area (Å²) in [6.45, 7) is 4.77. The highest BCUT2D eigenvalue weighted by Crippen LogP contribution is 2.12. The monoisotopic (exact) mass is 266 g/mol. The Hall–Kier alpha value is -1.42. The van der Waals surface area contributed by atoms with Crippen LogP contribution >= 0.6 is 0 Å². The molecule has 19 heavy (non-hydrogen) atoms. The van der Waals surface area contributed by atoms with Crippen molar-refractivity contribution >= 4 is 5.97 Å². The van der Waals surface area contributed by atoms with E-state index in [0.29, 0.717) is 13.2 Å². The molecule has 0 saturated carbocycles. The smallest absolute Gasteiger partial charge is 0.309 e. The van der Waals surface area contributed by atoms with Crippen molar-refractivity contribution in [2.75, 3.05) is 19.7 Å². The maximum Gasteiger partial charge on any atom is 0.309 e. The van der Waals surface area contributed by atoms with E-state index in [4.69, 9.17) is 4.74 Å². The van der Waals surface area contributed by atoms with Gasteiger partial charge in [-0.1, -0.05) is 18.2 Å². The maximum absolute atomic E-state index is 13.6. The second kappa shape index (κ2) is 6.66. The third kappa shape index (κ3) is 3.77. The molecule has 0 spiro atoms. The Bertz CT molecular complexity index is 428. The molecule has 0 atom stereocenters. The number of piperidine rings is 1. The molecule has 3 nitrogen and oxygen atoms in total. The van der Waals surface area contributed by atoms with Crippen molar-refractivity contribution in [1.29, 1.82) is 0 Å². The number of nitrogens with one attached hydrogen (secondary N) is 1. The summed E-state index contributed by atoms with van der Waals surface area (Å²) >= 11 is 0. The Morgan fingerprint density at radius 1 is 1.37 bits per heavy atom. The predicted octanol–water partition coefficient (Wildman–Crippen LogP) is 1.18. The Kier molecular flexibility index (Phi) is 4.91. The van der Waals surface area contributed by atoms with Crippen LogP contribution in [-0.2, 0) is 16.1 Å². The van der Waals surface area contributed by atoms with Gasteiger partial charge in [-0.2, -0.15) is 0 Å². The van der Waals surface area contributed by atoms with Crippen LogP contribution in [0.2, 0.25) is 0 Å². The van der Waals surface area contributed by atoms with Gasteiger partial charge in [-0.25, -0.2) is 4.39 Å². The van der Waals surface area contributed by atoms with E-state index in [0.717, 1.165) is 31.5 Å². The molecule has 0 unspecified atom stereocenters. The van der Waals surface area contributed by atoms with Crippen molar-refractivity contribution < 1.29 is 18.8 Å². The number of quaternary nitrogens is 1. The molecular formula is C15H21FNO2+.